The first-order valence-corrected chi connectivity index (χ1v) is 6.69. The minimum Gasteiger partial charge on any atom is -0.465 e. The fourth-order valence-electron chi connectivity index (χ4n) is 1.51. The van der Waals surface area contributed by atoms with Gasteiger partial charge in [0.2, 0.25) is 0 Å². The third kappa shape index (κ3) is 9.30. The van der Waals surface area contributed by atoms with Gasteiger partial charge in [-0.15, -0.1) is 0 Å². The van der Waals surface area contributed by atoms with Gasteiger partial charge in [0.25, 0.3) is 0 Å². The summed E-state index contributed by atoms with van der Waals surface area (Å²) in [7, 11) is 3.92. The van der Waals surface area contributed by atoms with Gasteiger partial charge in [-0.05, 0) is 26.9 Å². The smallest absolute Gasteiger partial charge is 0.325 e. The fourth-order valence-corrected chi connectivity index (χ4v) is 1.51. The van der Waals surface area contributed by atoms with Crippen molar-refractivity contribution in [2.24, 2.45) is 5.92 Å². The van der Waals surface area contributed by atoms with Gasteiger partial charge in [0.15, 0.2) is 0 Å². The van der Waals surface area contributed by atoms with Gasteiger partial charge in [-0.3, -0.25) is 4.79 Å². The van der Waals surface area contributed by atoms with E-state index in [2.05, 4.69) is 19.2 Å². The van der Waals surface area contributed by atoms with Crippen molar-refractivity contribution in [2.45, 2.75) is 20.8 Å². The largest absolute Gasteiger partial charge is 0.465 e. The quantitative estimate of drug-likeness (QED) is 0.664. The highest BCUT2D eigenvalue weighted by Gasteiger charge is 2.15. The molecule has 0 saturated carbocycles. The molecule has 0 saturated heterocycles. The Balaban J connectivity index is 4.24. The molecule has 0 aliphatic heterocycles. The molecule has 0 atom stereocenters. The number of urea groups is 1. The summed E-state index contributed by atoms with van der Waals surface area (Å²) in [6.45, 7) is 8.20. The second-order valence-electron chi connectivity index (χ2n) is 5.11. The Morgan fingerprint density at radius 3 is 2.32 bits per heavy atom. The Labute approximate surface area is 116 Å². The number of hydrogen-bond donors (Lipinski definition) is 1. The second kappa shape index (κ2) is 9.61. The van der Waals surface area contributed by atoms with Crippen molar-refractivity contribution in [3.05, 3.63) is 0 Å². The molecule has 1 N–H and O–H groups in total. The second-order valence-corrected chi connectivity index (χ2v) is 5.11. The SMILES string of the molecule is CCOC(=O)CNC(=O)N(CCN(C)C)CC(C)C. The minimum atomic E-state index is -0.409. The number of hydrogen-bond acceptors (Lipinski definition) is 4. The molecule has 0 fully saturated rings. The van der Waals surface area contributed by atoms with Gasteiger partial charge in [0.05, 0.1) is 6.61 Å². The van der Waals surface area contributed by atoms with Crippen LogP contribution in [0.15, 0.2) is 0 Å². The average molecular weight is 273 g/mol. The van der Waals surface area contributed by atoms with Crippen molar-refractivity contribution >= 4 is 12.0 Å². The molecular formula is C13H27N3O3. The van der Waals surface area contributed by atoms with Crippen LogP contribution >= 0.6 is 0 Å². The Morgan fingerprint density at radius 2 is 1.84 bits per heavy atom. The lowest BCUT2D eigenvalue weighted by molar-refractivity contribution is -0.141. The topological polar surface area (TPSA) is 61.9 Å². The third-order valence-electron chi connectivity index (χ3n) is 2.38. The van der Waals surface area contributed by atoms with Crippen LogP contribution in [0.25, 0.3) is 0 Å². The maximum atomic E-state index is 12.0. The number of carbonyl (C=O) groups excluding carboxylic acids is 2. The van der Waals surface area contributed by atoms with Crippen molar-refractivity contribution in [1.29, 1.82) is 0 Å². The van der Waals surface area contributed by atoms with Crippen molar-refractivity contribution < 1.29 is 14.3 Å². The number of esters is 1. The van der Waals surface area contributed by atoms with Crippen molar-refractivity contribution in [3.8, 4) is 0 Å². The van der Waals surface area contributed by atoms with Crippen molar-refractivity contribution in [3.63, 3.8) is 0 Å². The number of ether oxygens (including phenoxy) is 1. The molecule has 0 rings (SSSR count). The van der Waals surface area contributed by atoms with E-state index in [0.29, 0.717) is 25.6 Å². The summed E-state index contributed by atoms with van der Waals surface area (Å²) in [5.74, 6) is -0.0246. The summed E-state index contributed by atoms with van der Waals surface area (Å²) >= 11 is 0. The number of nitrogens with zero attached hydrogens (tertiary/aromatic N) is 2. The summed E-state index contributed by atoms with van der Waals surface area (Å²) < 4.78 is 4.77. The van der Waals surface area contributed by atoms with Gasteiger partial charge < -0.3 is 19.9 Å². The molecule has 6 nitrogen and oxygen atoms in total. The summed E-state index contributed by atoms with van der Waals surface area (Å²) in [5.41, 5.74) is 0. The van der Waals surface area contributed by atoms with Gasteiger partial charge in [-0.2, -0.15) is 0 Å². The molecule has 0 heterocycles. The highest BCUT2D eigenvalue weighted by atomic mass is 16.5. The molecule has 112 valence electrons. The number of carbonyl (C=O) groups is 2. The third-order valence-corrected chi connectivity index (χ3v) is 2.38. The maximum absolute atomic E-state index is 12.0. The molecule has 0 radical (unpaired) electrons. The highest BCUT2D eigenvalue weighted by Crippen LogP contribution is 1.99. The lowest BCUT2D eigenvalue weighted by atomic mass is 10.2. The summed E-state index contributed by atoms with van der Waals surface area (Å²) in [6, 6.07) is -0.219. The van der Waals surface area contributed by atoms with E-state index in [4.69, 9.17) is 4.74 Å². The predicted octanol–water partition coefficient (Wildman–Crippen LogP) is 0.779. The number of amides is 2. The molecule has 0 aliphatic carbocycles. The number of rotatable bonds is 8. The summed E-state index contributed by atoms with van der Waals surface area (Å²) in [6.07, 6.45) is 0. The van der Waals surface area contributed by atoms with E-state index in [1.165, 1.54) is 0 Å². The molecule has 2 amide bonds. The molecule has 0 unspecified atom stereocenters. The maximum Gasteiger partial charge on any atom is 0.325 e. The lowest BCUT2D eigenvalue weighted by Crippen LogP contribution is -2.46. The Morgan fingerprint density at radius 1 is 1.21 bits per heavy atom. The summed E-state index contributed by atoms with van der Waals surface area (Å²) in [5, 5.41) is 2.59. The normalized spacial score (nSPS) is 10.7. The first-order valence-electron chi connectivity index (χ1n) is 6.69. The first kappa shape index (κ1) is 17.7. The monoisotopic (exact) mass is 273 g/mol. The van der Waals surface area contributed by atoms with E-state index in [9.17, 15) is 9.59 Å². The van der Waals surface area contributed by atoms with E-state index >= 15 is 0 Å². The molecule has 0 aromatic rings. The standard InChI is InChI=1S/C13H27N3O3/c1-6-19-12(17)9-14-13(18)16(10-11(2)3)8-7-15(4)5/h11H,6-10H2,1-5H3,(H,14,18). The Bertz CT molecular complexity index is 280. The lowest BCUT2D eigenvalue weighted by Gasteiger charge is -2.26. The van der Waals surface area contributed by atoms with Crippen LogP contribution < -0.4 is 5.32 Å². The van der Waals surface area contributed by atoms with Gasteiger partial charge in [-0.25, -0.2) is 4.79 Å². The zero-order valence-corrected chi connectivity index (χ0v) is 12.7. The molecular weight excluding hydrogens is 246 g/mol. The zero-order chi connectivity index (χ0) is 14.8. The van der Waals surface area contributed by atoms with Gasteiger partial charge >= 0.3 is 12.0 Å². The van der Waals surface area contributed by atoms with Crippen LogP contribution in [0.3, 0.4) is 0 Å². The number of likely N-dealkylation sites (N-methyl/N-ethyl adjacent to an activating group) is 1. The molecule has 0 aromatic heterocycles. The van der Waals surface area contributed by atoms with Crippen molar-refractivity contribution in [1.82, 2.24) is 15.1 Å². The van der Waals surface area contributed by atoms with E-state index in [1.54, 1.807) is 11.8 Å². The Kier molecular flexibility index (Phi) is 8.95. The van der Waals surface area contributed by atoms with E-state index in [0.717, 1.165) is 6.54 Å². The van der Waals surface area contributed by atoms with Gasteiger partial charge in [0.1, 0.15) is 6.54 Å². The van der Waals surface area contributed by atoms with Crippen LogP contribution in [-0.4, -0.2) is 68.7 Å². The Hall–Kier alpha value is -1.30. The summed E-state index contributed by atoms with van der Waals surface area (Å²) in [4.78, 5) is 26.9. The minimum absolute atomic E-state index is 0.0801. The fraction of sp³-hybridized carbons (Fsp3) is 0.846. The number of nitrogens with one attached hydrogen (secondary N) is 1. The zero-order valence-electron chi connectivity index (χ0n) is 12.7. The van der Waals surface area contributed by atoms with Crippen LogP contribution in [0.4, 0.5) is 4.79 Å². The molecule has 0 aromatic carbocycles. The first-order chi connectivity index (χ1) is 8.86. The van der Waals surface area contributed by atoms with E-state index in [1.807, 2.05) is 19.0 Å². The van der Waals surface area contributed by atoms with Crippen molar-refractivity contribution in [2.75, 3.05) is 46.9 Å². The molecule has 6 heteroatoms. The van der Waals surface area contributed by atoms with Crippen LogP contribution in [0.1, 0.15) is 20.8 Å². The van der Waals surface area contributed by atoms with Crippen LogP contribution in [-0.2, 0) is 9.53 Å². The average Bonchev–Trinajstić information content (AvgIpc) is 2.31. The van der Waals surface area contributed by atoms with E-state index in [-0.39, 0.29) is 12.6 Å². The van der Waals surface area contributed by atoms with Crippen LogP contribution in [0.2, 0.25) is 0 Å². The molecule has 19 heavy (non-hydrogen) atoms. The van der Waals surface area contributed by atoms with Crippen LogP contribution in [0, 0.1) is 5.92 Å². The van der Waals surface area contributed by atoms with E-state index < -0.39 is 5.97 Å². The molecule has 0 aliphatic rings. The van der Waals surface area contributed by atoms with Gasteiger partial charge in [-0.1, -0.05) is 13.8 Å². The highest BCUT2D eigenvalue weighted by molar-refractivity contribution is 5.80. The van der Waals surface area contributed by atoms with Gasteiger partial charge in [0, 0.05) is 19.6 Å². The van der Waals surface area contributed by atoms with Crippen LogP contribution in [0.5, 0.6) is 0 Å². The predicted molar refractivity (Wildman–Crippen MR) is 75.0 cm³/mol. The molecule has 0 bridgehead atoms. The molecule has 0 spiro atoms.